The molecule has 8 nitrogen and oxygen atoms in total. The van der Waals surface area contributed by atoms with Crippen molar-refractivity contribution in [2.45, 2.75) is 50.5 Å². The lowest BCUT2D eigenvalue weighted by Gasteiger charge is -2.24. The second-order valence-electron chi connectivity index (χ2n) is 6.70. The zero-order valence-corrected chi connectivity index (χ0v) is 19.9. The summed E-state index contributed by atoms with van der Waals surface area (Å²) in [6.07, 6.45) is 5.07. The molecule has 0 unspecified atom stereocenters. The number of hydrogen-bond acceptors (Lipinski definition) is 4. The fourth-order valence-corrected chi connectivity index (χ4v) is 3.90. The van der Waals surface area contributed by atoms with Crippen LogP contribution in [0.25, 0.3) is 4.13 Å². The third kappa shape index (κ3) is 11.2. The van der Waals surface area contributed by atoms with Gasteiger partial charge in [-0.15, -0.1) is 0 Å². The summed E-state index contributed by atoms with van der Waals surface area (Å²) < 4.78 is 111. The highest BCUT2D eigenvalue weighted by molar-refractivity contribution is 8.13. The third-order valence-corrected chi connectivity index (χ3v) is 6.17. The van der Waals surface area contributed by atoms with Gasteiger partial charge in [0.15, 0.2) is 20.0 Å². The highest BCUT2D eigenvalue weighted by Crippen LogP contribution is 2.36. The Morgan fingerprint density at radius 3 is 1.32 bits per heavy atom. The quantitative estimate of drug-likeness (QED) is 0.217. The summed E-state index contributed by atoms with van der Waals surface area (Å²) in [5.41, 5.74) is -12.4. The molecule has 0 rings (SSSR count). The second-order valence-corrected chi connectivity index (χ2v) is 10.1. The van der Waals surface area contributed by atoms with E-state index in [1.807, 2.05) is 0 Å². The van der Waals surface area contributed by atoms with E-state index in [2.05, 4.69) is 56.4 Å². The largest absolute Gasteiger partial charge is 0.480 e. The van der Waals surface area contributed by atoms with Gasteiger partial charge in [0.1, 0.15) is 0 Å². The van der Waals surface area contributed by atoms with Gasteiger partial charge in [-0.05, 0) is 12.8 Å². The summed E-state index contributed by atoms with van der Waals surface area (Å²) in [4.78, 5) is 4.72. The first-order valence-electron chi connectivity index (χ1n) is 9.08. The number of unbranched alkanes of at least 4 members (excludes halogenated alkanes) is 2. The van der Waals surface area contributed by atoms with Crippen molar-refractivity contribution in [3.05, 3.63) is 4.13 Å². The minimum atomic E-state index is -6.72. The van der Waals surface area contributed by atoms with E-state index in [-0.39, 0.29) is 0 Å². The van der Waals surface area contributed by atoms with Gasteiger partial charge in [0.05, 0.1) is 41.3 Å². The molecule has 0 heterocycles. The predicted molar refractivity (Wildman–Crippen MR) is 106 cm³/mol. The molecule has 16 heteroatoms. The minimum absolute atomic E-state index is 0.778. The van der Waals surface area contributed by atoms with E-state index in [1.54, 1.807) is 0 Å². The SMILES string of the molecule is CCCCN(CCCC)C(N(C)C)=[N+](C)C.O=S(=O)([N-]S(=O)(=O)C(F)(F)F)C(F)(F)F. The van der Waals surface area contributed by atoms with Crippen molar-refractivity contribution >= 4 is 26.0 Å². The van der Waals surface area contributed by atoms with Crippen LogP contribution in [0.15, 0.2) is 0 Å². The van der Waals surface area contributed by atoms with Gasteiger partial charge in [0.2, 0.25) is 0 Å². The summed E-state index contributed by atoms with van der Waals surface area (Å²) in [6.45, 7) is 6.84. The molecule has 0 atom stereocenters. The lowest BCUT2D eigenvalue weighted by atomic mass is 10.2. The fraction of sp³-hybridized carbons (Fsp3) is 0.933. The Hall–Kier alpha value is -1.29. The number of nitrogens with zero attached hydrogens (tertiary/aromatic N) is 4. The average Bonchev–Trinajstić information content (AvgIpc) is 2.54. The van der Waals surface area contributed by atoms with Crippen molar-refractivity contribution < 1.29 is 47.8 Å². The maximum atomic E-state index is 11.4. The Morgan fingerprint density at radius 2 is 1.13 bits per heavy atom. The summed E-state index contributed by atoms with van der Waals surface area (Å²) >= 11 is 0. The van der Waals surface area contributed by atoms with Gasteiger partial charge in [-0.3, -0.25) is 14.4 Å². The zero-order chi connectivity index (χ0) is 25.3. The second kappa shape index (κ2) is 12.7. The molecule has 0 aliphatic rings. The van der Waals surface area contributed by atoms with Crippen LogP contribution >= 0.6 is 0 Å². The van der Waals surface area contributed by atoms with Gasteiger partial charge in [-0.1, -0.05) is 26.7 Å². The number of hydrogen-bond donors (Lipinski definition) is 0. The number of sulfonamides is 2. The molecule has 0 spiro atoms. The molecule has 0 aliphatic heterocycles. The van der Waals surface area contributed by atoms with E-state index in [1.165, 1.54) is 44.7 Å². The molecule has 0 aliphatic carbocycles. The van der Waals surface area contributed by atoms with Crippen molar-refractivity contribution in [1.82, 2.24) is 9.80 Å². The number of alkyl halides is 6. The molecule has 0 saturated carbocycles. The van der Waals surface area contributed by atoms with E-state index < -0.39 is 31.1 Å². The van der Waals surface area contributed by atoms with Crippen LogP contribution in [0.3, 0.4) is 0 Å². The van der Waals surface area contributed by atoms with Crippen LogP contribution < -0.4 is 0 Å². The van der Waals surface area contributed by atoms with Crippen molar-refractivity contribution in [1.29, 1.82) is 0 Å². The zero-order valence-electron chi connectivity index (χ0n) is 18.2. The molecule has 0 radical (unpaired) electrons. The van der Waals surface area contributed by atoms with E-state index >= 15 is 0 Å². The molecule has 31 heavy (non-hydrogen) atoms. The van der Waals surface area contributed by atoms with Crippen LogP contribution in [0, 0.1) is 0 Å². The first-order chi connectivity index (χ1) is 13.7. The molecular formula is C15H30F6N4O4S2. The smallest absolute Gasteiger partial charge is 0.421 e. The minimum Gasteiger partial charge on any atom is -0.421 e. The predicted octanol–water partition coefficient (Wildman–Crippen LogP) is 3.14. The summed E-state index contributed by atoms with van der Waals surface area (Å²) in [6, 6.07) is 0. The number of halogens is 6. The Kier molecular flexibility index (Phi) is 13.0. The molecule has 0 aromatic heterocycles. The van der Waals surface area contributed by atoms with Gasteiger partial charge in [-0.25, -0.2) is 16.8 Å². The lowest BCUT2D eigenvalue weighted by molar-refractivity contribution is -0.476. The van der Waals surface area contributed by atoms with Crippen LogP contribution in [-0.2, 0) is 20.0 Å². The topological polar surface area (TPSA) is 91.9 Å². The van der Waals surface area contributed by atoms with Crippen LogP contribution in [0.5, 0.6) is 0 Å². The van der Waals surface area contributed by atoms with Crippen LogP contribution in [0.1, 0.15) is 39.5 Å². The van der Waals surface area contributed by atoms with Crippen LogP contribution in [0.4, 0.5) is 26.3 Å². The molecule has 0 fully saturated rings. The van der Waals surface area contributed by atoms with E-state index in [9.17, 15) is 43.2 Å². The van der Waals surface area contributed by atoms with Crippen molar-refractivity contribution in [3.8, 4) is 0 Å². The fourth-order valence-electron chi connectivity index (χ4n) is 2.19. The average molecular weight is 509 g/mol. The number of rotatable bonds is 8. The van der Waals surface area contributed by atoms with Crippen molar-refractivity contribution in [2.24, 2.45) is 0 Å². The van der Waals surface area contributed by atoms with E-state index in [0.29, 0.717) is 0 Å². The standard InChI is InChI=1S/C13H30N3.C2F6NO4S2/c1-7-9-11-16(12-10-8-2)13(14(3)4)15(5)6;3-1(4,5)14(10,11)9-15(12,13)2(6,7)8/h7-12H2,1-6H3;/q+1;-1. The van der Waals surface area contributed by atoms with Crippen LogP contribution in [0.2, 0.25) is 0 Å². The Bertz CT molecular complexity index is 724. The van der Waals surface area contributed by atoms with Gasteiger partial charge in [-0.2, -0.15) is 26.3 Å². The Labute approximate surface area is 180 Å². The molecule has 0 N–H and O–H groups in total. The maximum absolute atomic E-state index is 11.4. The normalized spacial score (nSPS) is 12.6. The molecular weight excluding hydrogens is 478 g/mol. The molecule has 0 saturated heterocycles. The molecule has 0 aromatic carbocycles. The van der Waals surface area contributed by atoms with Gasteiger partial charge < -0.3 is 4.13 Å². The lowest BCUT2D eigenvalue weighted by Crippen LogP contribution is -2.46. The van der Waals surface area contributed by atoms with Crippen LogP contribution in [-0.4, -0.2) is 89.5 Å². The molecule has 188 valence electrons. The molecule has 0 amide bonds. The van der Waals surface area contributed by atoms with E-state index in [0.717, 1.165) is 4.13 Å². The van der Waals surface area contributed by atoms with Gasteiger partial charge >= 0.3 is 17.0 Å². The third-order valence-electron chi connectivity index (χ3n) is 3.43. The molecule has 0 bridgehead atoms. The summed E-state index contributed by atoms with van der Waals surface area (Å²) in [5, 5.41) is 0. The van der Waals surface area contributed by atoms with Crippen molar-refractivity contribution in [2.75, 3.05) is 41.3 Å². The summed E-state index contributed by atoms with van der Waals surface area (Å²) in [7, 11) is -4.94. The highest BCUT2D eigenvalue weighted by Gasteiger charge is 2.46. The summed E-state index contributed by atoms with van der Waals surface area (Å²) in [5.74, 6) is 1.32. The van der Waals surface area contributed by atoms with Gasteiger partial charge in [0.25, 0.3) is 0 Å². The Morgan fingerprint density at radius 1 is 0.806 bits per heavy atom. The Balaban J connectivity index is 0. The molecule has 0 aromatic rings. The number of guanidine groups is 1. The first-order valence-corrected chi connectivity index (χ1v) is 12.0. The van der Waals surface area contributed by atoms with Crippen molar-refractivity contribution in [3.63, 3.8) is 0 Å². The first kappa shape index (κ1) is 31.9. The maximum Gasteiger partial charge on any atom is 0.480 e. The highest BCUT2D eigenvalue weighted by atomic mass is 32.3. The van der Waals surface area contributed by atoms with Gasteiger partial charge in [0, 0.05) is 0 Å². The monoisotopic (exact) mass is 508 g/mol. The van der Waals surface area contributed by atoms with E-state index in [4.69, 9.17) is 0 Å².